The van der Waals surface area contributed by atoms with Crippen LogP contribution in [0.2, 0.25) is 10.2 Å². The first-order valence-electron chi connectivity index (χ1n) is 5.78. The standard InChI is InChI=1S/C12H16Cl2N2O/c1-8-6-11(13)10(12(14)15-8)7-16(4-5-17)9-2-3-9/h6,9,17H,2-5,7H2,1H3. The van der Waals surface area contributed by atoms with E-state index in [4.69, 9.17) is 28.3 Å². The molecule has 1 aromatic heterocycles. The molecule has 0 aromatic carbocycles. The summed E-state index contributed by atoms with van der Waals surface area (Å²) in [6.07, 6.45) is 2.38. The topological polar surface area (TPSA) is 36.4 Å². The molecule has 0 bridgehead atoms. The van der Waals surface area contributed by atoms with Crippen LogP contribution >= 0.6 is 23.2 Å². The minimum absolute atomic E-state index is 0.158. The highest BCUT2D eigenvalue weighted by Gasteiger charge is 2.29. The van der Waals surface area contributed by atoms with Gasteiger partial charge in [-0.1, -0.05) is 23.2 Å². The molecule has 1 fully saturated rings. The van der Waals surface area contributed by atoms with Gasteiger partial charge >= 0.3 is 0 Å². The Labute approximate surface area is 111 Å². The lowest BCUT2D eigenvalue weighted by Gasteiger charge is -2.22. The number of aliphatic hydroxyl groups is 1. The minimum atomic E-state index is 0.158. The van der Waals surface area contributed by atoms with E-state index in [1.807, 2.05) is 13.0 Å². The molecule has 0 unspecified atom stereocenters. The van der Waals surface area contributed by atoms with E-state index in [2.05, 4.69) is 9.88 Å². The van der Waals surface area contributed by atoms with E-state index in [1.165, 1.54) is 12.8 Å². The number of aliphatic hydroxyl groups excluding tert-OH is 1. The van der Waals surface area contributed by atoms with Gasteiger partial charge in [-0.3, -0.25) is 4.90 Å². The molecule has 1 saturated carbocycles. The molecule has 1 N–H and O–H groups in total. The van der Waals surface area contributed by atoms with Crippen molar-refractivity contribution in [3.05, 3.63) is 27.5 Å². The van der Waals surface area contributed by atoms with Gasteiger partial charge in [0.25, 0.3) is 0 Å². The summed E-state index contributed by atoms with van der Waals surface area (Å²) in [5.74, 6) is 0. The van der Waals surface area contributed by atoms with Crippen LogP contribution in [-0.2, 0) is 6.54 Å². The average molecular weight is 275 g/mol. The van der Waals surface area contributed by atoms with Crippen molar-refractivity contribution in [1.82, 2.24) is 9.88 Å². The summed E-state index contributed by atoms with van der Waals surface area (Å²) < 4.78 is 0. The zero-order valence-corrected chi connectivity index (χ0v) is 11.3. The van der Waals surface area contributed by atoms with Gasteiger partial charge in [-0.25, -0.2) is 4.98 Å². The van der Waals surface area contributed by atoms with Crippen molar-refractivity contribution in [3.8, 4) is 0 Å². The number of pyridine rings is 1. The van der Waals surface area contributed by atoms with E-state index in [0.717, 1.165) is 11.3 Å². The predicted molar refractivity (Wildman–Crippen MR) is 69.5 cm³/mol. The molecular weight excluding hydrogens is 259 g/mol. The molecule has 2 rings (SSSR count). The van der Waals surface area contributed by atoms with Gasteiger partial charge < -0.3 is 5.11 Å². The molecule has 3 nitrogen and oxygen atoms in total. The Morgan fingerprint density at radius 2 is 2.18 bits per heavy atom. The summed E-state index contributed by atoms with van der Waals surface area (Å²) in [5.41, 5.74) is 1.68. The van der Waals surface area contributed by atoms with Crippen LogP contribution in [-0.4, -0.2) is 34.2 Å². The van der Waals surface area contributed by atoms with Gasteiger partial charge in [0.15, 0.2) is 0 Å². The summed E-state index contributed by atoms with van der Waals surface area (Å²) >= 11 is 12.3. The fourth-order valence-electron chi connectivity index (χ4n) is 1.93. The number of aromatic nitrogens is 1. The smallest absolute Gasteiger partial charge is 0.135 e. The number of nitrogens with zero attached hydrogens (tertiary/aromatic N) is 2. The first kappa shape index (κ1) is 13.1. The summed E-state index contributed by atoms with van der Waals surface area (Å²) in [7, 11) is 0. The Balaban J connectivity index is 2.16. The molecule has 0 saturated heterocycles. The Morgan fingerprint density at radius 3 is 2.71 bits per heavy atom. The summed E-state index contributed by atoms with van der Waals surface area (Å²) in [6.45, 7) is 3.35. The van der Waals surface area contributed by atoms with Crippen molar-refractivity contribution >= 4 is 23.2 Å². The van der Waals surface area contributed by atoms with Gasteiger partial charge in [-0.2, -0.15) is 0 Å². The molecule has 0 amide bonds. The zero-order chi connectivity index (χ0) is 12.4. The van der Waals surface area contributed by atoms with Gasteiger partial charge in [-0.15, -0.1) is 0 Å². The maximum Gasteiger partial charge on any atom is 0.135 e. The van der Waals surface area contributed by atoms with Crippen LogP contribution in [0.1, 0.15) is 24.1 Å². The second kappa shape index (κ2) is 5.53. The molecule has 1 heterocycles. The van der Waals surface area contributed by atoms with Crippen molar-refractivity contribution < 1.29 is 5.11 Å². The number of hydrogen-bond acceptors (Lipinski definition) is 3. The molecule has 5 heteroatoms. The number of aryl methyl sites for hydroxylation is 1. The second-order valence-corrected chi connectivity index (χ2v) is 5.21. The van der Waals surface area contributed by atoms with Gasteiger partial charge in [0.2, 0.25) is 0 Å². The Morgan fingerprint density at radius 1 is 1.47 bits per heavy atom. The van der Waals surface area contributed by atoms with Crippen molar-refractivity contribution in [1.29, 1.82) is 0 Å². The summed E-state index contributed by atoms with van der Waals surface area (Å²) in [6, 6.07) is 2.39. The minimum Gasteiger partial charge on any atom is -0.395 e. The van der Waals surface area contributed by atoms with Crippen LogP contribution in [0.25, 0.3) is 0 Å². The molecule has 0 aliphatic heterocycles. The zero-order valence-electron chi connectivity index (χ0n) is 9.79. The molecule has 17 heavy (non-hydrogen) atoms. The number of hydrogen-bond donors (Lipinski definition) is 1. The van der Waals surface area contributed by atoms with Gasteiger partial charge in [-0.05, 0) is 25.8 Å². The highest BCUT2D eigenvalue weighted by Crippen LogP contribution is 2.31. The summed E-state index contributed by atoms with van der Waals surface area (Å²) in [4.78, 5) is 6.43. The monoisotopic (exact) mass is 274 g/mol. The van der Waals surface area contributed by atoms with Crippen molar-refractivity contribution in [2.24, 2.45) is 0 Å². The molecule has 1 aromatic rings. The van der Waals surface area contributed by atoms with Crippen LogP contribution in [0, 0.1) is 6.92 Å². The van der Waals surface area contributed by atoms with E-state index in [9.17, 15) is 0 Å². The van der Waals surface area contributed by atoms with Crippen molar-refractivity contribution in [2.75, 3.05) is 13.2 Å². The lowest BCUT2D eigenvalue weighted by Crippen LogP contribution is -2.29. The average Bonchev–Trinajstić information content (AvgIpc) is 3.05. The first-order valence-corrected chi connectivity index (χ1v) is 6.54. The molecule has 0 radical (unpaired) electrons. The van der Waals surface area contributed by atoms with Crippen LogP contribution in [0.5, 0.6) is 0 Å². The largest absolute Gasteiger partial charge is 0.395 e. The molecule has 0 atom stereocenters. The Kier molecular flexibility index (Phi) is 4.26. The molecule has 1 aliphatic carbocycles. The Bertz CT molecular complexity index is 384. The highest BCUT2D eigenvalue weighted by atomic mass is 35.5. The van der Waals surface area contributed by atoms with Crippen molar-refractivity contribution in [3.63, 3.8) is 0 Å². The van der Waals surface area contributed by atoms with Gasteiger partial charge in [0, 0.05) is 35.4 Å². The van der Waals surface area contributed by atoms with Crippen LogP contribution in [0.4, 0.5) is 0 Å². The maximum absolute atomic E-state index is 9.05. The third kappa shape index (κ3) is 3.32. The van der Waals surface area contributed by atoms with Crippen molar-refractivity contribution in [2.45, 2.75) is 32.4 Å². The third-order valence-electron chi connectivity index (χ3n) is 2.96. The van der Waals surface area contributed by atoms with Gasteiger partial charge in [0.05, 0.1) is 6.61 Å². The van der Waals surface area contributed by atoms with Crippen LogP contribution in [0.15, 0.2) is 6.07 Å². The SMILES string of the molecule is Cc1cc(Cl)c(CN(CCO)C2CC2)c(Cl)n1. The normalized spacial score (nSPS) is 15.6. The predicted octanol–water partition coefficient (Wildman–Crippen LogP) is 2.65. The van der Waals surface area contributed by atoms with E-state index in [1.54, 1.807) is 0 Å². The molecular formula is C12H16Cl2N2O. The van der Waals surface area contributed by atoms with E-state index >= 15 is 0 Å². The number of halogens is 2. The van der Waals surface area contributed by atoms with Crippen LogP contribution in [0.3, 0.4) is 0 Å². The van der Waals surface area contributed by atoms with Gasteiger partial charge in [0.1, 0.15) is 5.15 Å². The number of rotatable bonds is 5. The Hall–Kier alpha value is -0.350. The third-order valence-corrected chi connectivity index (χ3v) is 3.61. The molecule has 0 spiro atoms. The fraction of sp³-hybridized carbons (Fsp3) is 0.583. The fourth-order valence-corrected chi connectivity index (χ4v) is 2.58. The second-order valence-electron chi connectivity index (χ2n) is 4.44. The summed E-state index contributed by atoms with van der Waals surface area (Å²) in [5, 5.41) is 10.2. The highest BCUT2D eigenvalue weighted by molar-refractivity contribution is 6.35. The first-order chi connectivity index (χ1) is 8.11. The van der Waals surface area contributed by atoms with E-state index in [0.29, 0.717) is 29.3 Å². The van der Waals surface area contributed by atoms with E-state index in [-0.39, 0.29) is 6.61 Å². The molecule has 1 aliphatic rings. The quantitative estimate of drug-likeness (QED) is 0.839. The molecule has 94 valence electrons. The van der Waals surface area contributed by atoms with Crippen LogP contribution < -0.4 is 0 Å². The van der Waals surface area contributed by atoms with E-state index < -0.39 is 0 Å². The lowest BCUT2D eigenvalue weighted by molar-refractivity contribution is 0.183. The lowest BCUT2D eigenvalue weighted by atomic mass is 10.2. The maximum atomic E-state index is 9.05.